The number of nitrogens with zero attached hydrogens (tertiary/aromatic N) is 2. The Bertz CT molecular complexity index is 1150. The van der Waals surface area contributed by atoms with Crippen molar-refractivity contribution < 1.29 is 9.47 Å². The van der Waals surface area contributed by atoms with Crippen molar-refractivity contribution in [3.63, 3.8) is 0 Å². The van der Waals surface area contributed by atoms with E-state index in [1.54, 1.807) is 6.08 Å². The second-order valence-corrected chi connectivity index (χ2v) is 8.83. The molecule has 0 saturated carbocycles. The molecule has 2 heterocycles. The number of hydrogen-bond acceptors (Lipinski definition) is 4. The summed E-state index contributed by atoms with van der Waals surface area (Å²) < 4.78 is 13.1. The van der Waals surface area contributed by atoms with Crippen molar-refractivity contribution in [3.8, 4) is 11.5 Å². The third-order valence-electron chi connectivity index (χ3n) is 5.46. The summed E-state index contributed by atoms with van der Waals surface area (Å²) in [6, 6.07) is 22.0. The van der Waals surface area contributed by atoms with Gasteiger partial charge in [-0.2, -0.15) is 5.10 Å². The van der Waals surface area contributed by atoms with Gasteiger partial charge in [0.25, 0.3) is 0 Å². The van der Waals surface area contributed by atoms with E-state index in [0.29, 0.717) is 11.6 Å². The van der Waals surface area contributed by atoms with E-state index < -0.39 is 0 Å². The maximum absolute atomic E-state index is 6.43. The molecule has 0 N–H and O–H groups in total. The molecule has 0 radical (unpaired) electrons. The van der Waals surface area contributed by atoms with Crippen LogP contribution in [0.4, 0.5) is 0 Å². The summed E-state index contributed by atoms with van der Waals surface area (Å²) in [7, 11) is 0. The minimum atomic E-state index is -0.322. The lowest BCUT2D eigenvalue weighted by molar-refractivity contribution is -0.0191. The largest absolute Gasteiger partial charge is 0.490 e. The number of halogens is 2. The van der Waals surface area contributed by atoms with Gasteiger partial charge in [0.1, 0.15) is 18.1 Å². The summed E-state index contributed by atoms with van der Waals surface area (Å²) in [6.45, 7) is 4.17. The van der Waals surface area contributed by atoms with Crippen LogP contribution in [-0.4, -0.2) is 17.3 Å². The first-order valence-corrected chi connectivity index (χ1v) is 11.2. The van der Waals surface area contributed by atoms with E-state index >= 15 is 0 Å². The summed E-state index contributed by atoms with van der Waals surface area (Å²) in [4.78, 5) is 0. The van der Waals surface area contributed by atoms with Gasteiger partial charge in [0, 0.05) is 27.0 Å². The molecule has 2 atom stereocenters. The minimum absolute atomic E-state index is 0.0913. The molecule has 3 aromatic carbocycles. The van der Waals surface area contributed by atoms with Crippen molar-refractivity contribution in [1.29, 1.82) is 0 Å². The monoisotopic (exact) mass is 494 g/mol. The minimum Gasteiger partial charge on any atom is -0.490 e. The Morgan fingerprint density at radius 3 is 2.65 bits per heavy atom. The zero-order valence-electron chi connectivity index (χ0n) is 16.7. The Hall–Kier alpha value is -2.76. The number of hydrazone groups is 1. The predicted molar refractivity (Wildman–Crippen MR) is 127 cm³/mol. The van der Waals surface area contributed by atoms with Crippen molar-refractivity contribution >= 4 is 33.2 Å². The van der Waals surface area contributed by atoms with Crippen LogP contribution in [0.1, 0.15) is 35.4 Å². The average Bonchev–Trinajstić information content (AvgIpc) is 3.24. The summed E-state index contributed by atoms with van der Waals surface area (Å²) >= 11 is 9.68. The molecule has 0 unspecified atom stereocenters. The molecule has 3 aromatic rings. The zero-order chi connectivity index (χ0) is 21.4. The molecule has 2 aliphatic rings. The van der Waals surface area contributed by atoms with Crippen molar-refractivity contribution in [2.24, 2.45) is 5.10 Å². The summed E-state index contributed by atoms with van der Waals surface area (Å²) in [5.74, 6) is 1.68. The number of hydrogen-bond donors (Lipinski definition) is 0. The molecule has 6 heteroatoms. The van der Waals surface area contributed by atoms with Gasteiger partial charge < -0.3 is 9.47 Å². The highest BCUT2D eigenvalue weighted by Gasteiger charge is 2.41. The van der Waals surface area contributed by atoms with Crippen LogP contribution >= 0.6 is 27.5 Å². The van der Waals surface area contributed by atoms with E-state index in [-0.39, 0.29) is 12.3 Å². The summed E-state index contributed by atoms with van der Waals surface area (Å²) in [5.41, 5.74) is 4.24. The van der Waals surface area contributed by atoms with Gasteiger partial charge in [0.05, 0.1) is 11.8 Å². The van der Waals surface area contributed by atoms with Crippen molar-refractivity contribution in [2.45, 2.75) is 18.7 Å². The number of ether oxygens (including phenoxy) is 2. The maximum atomic E-state index is 6.43. The fourth-order valence-corrected chi connectivity index (χ4v) is 4.48. The third kappa shape index (κ3) is 3.95. The fourth-order valence-electron chi connectivity index (χ4n) is 3.98. The van der Waals surface area contributed by atoms with E-state index in [9.17, 15) is 0 Å². The highest BCUT2D eigenvalue weighted by atomic mass is 79.9. The molecule has 0 amide bonds. The summed E-state index contributed by atoms with van der Waals surface area (Å²) in [5, 5.41) is 7.78. The van der Waals surface area contributed by atoms with Crippen molar-refractivity contribution in [2.75, 3.05) is 6.61 Å². The molecule has 31 heavy (non-hydrogen) atoms. The molecule has 0 aliphatic carbocycles. The molecule has 0 bridgehead atoms. The molecule has 0 fully saturated rings. The van der Waals surface area contributed by atoms with E-state index in [1.165, 1.54) is 0 Å². The first-order valence-electron chi connectivity index (χ1n) is 10.0. The van der Waals surface area contributed by atoms with Crippen molar-refractivity contribution in [1.82, 2.24) is 5.01 Å². The van der Waals surface area contributed by atoms with Gasteiger partial charge in [-0.1, -0.05) is 52.3 Å². The highest BCUT2D eigenvalue weighted by molar-refractivity contribution is 9.10. The second kappa shape index (κ2) is 8.40. The Morgan fingerprint density at radius 2 is 1.90 bits per heavy atom. The van der Waals surface area contributed by atoms with Crippen LogP contribution in [0.3, 0.4) is 0 Å². The molecule has 0 spiro atoms. The van der Waals surface area contributed by atoms with Gasteiger partial charge >= 0.3 is 0 Å². The van der Waals surface area contributed by atoms with Gasteiger partial charge in [0.2, 0.25) is 6.23 Å². The first-order chi connectivity index (χ1) is 15.1. The lowest BCUT2D eigenvalue weighted by Crippen LogP contribution is -2.33. The van der Waals surface area contributed by atoms with E-state index in [2.05, 4.69) is 33.6 Å². The van der Waals surface area contributed by atoms with Crippen molar-refractivity contribution in [3.05, 3.63) is 106 Å². The van der Waals surface area contributed by atoms with Gasteiger partial charge in [-0.05, 0) is 60.2 Å². The highest BCUT2D eigenvalue weighted by Crippen LogP contribution is 2.48. The average molecular weight is 496 g/mol. The molecule has 0 saturated heterocycles. The molecular formula is C25H20BrClN2O2. The molecule has 5 rings (SSSR count). The fraction of sp³-hybridized carbons (Fsp3) is 0.160. The lowest BCUT2D eigenvalue weighted by Gasteiger charge is -2.38. The maximum Gasteiger partial charge on any atom is 0.213 e. The topological polar surface area (TPSA) is 34.1 Å². The van der Waals surface area contributed by atoms with Crippen LogP contribution in [0.15, 0.2) is 89.0 Å². The smallest absolute Gasteiger partial charge is 0.213 e. The molecule has 2 aliphatic heterocycles. The quantitative estimate of drug-likeness (QED) is 0.361. The summed E-state index contributed by atoms with van der Waals surface area (Å²) in [6.07, 6.45) is 2.21. The van der Waals surface area contributed by atoms with Crippen LogP contribution in [0.25, 0.3) is 0 Å². The molecule has 4 nitrogen and oxygen atoms in total. The number of benzene rings is 3. The first kappa shape index (κ1) is 20.2. The van der Waals surface area contributed by atoms with Gasteiger partial charge in [-0.25, -0.2) is 5.01 Å². The Kier molecular flexibility index (Phi) is 5.47. The van der Waals surface area contributed by atoms with Crippen LogP contribution in [0.5, 0.6) is 11.5 Å². The Balaban J connectivity index is 1.52. The number of fused-ring (bicyclic) bond motifs is 3. The van der Waals surface area contributed by atoms with Crippen LogP contribution in [0, 0.1) is 0 Å². The van der Waals surface area contributed by atoms with E-state index in [1.807, 2.05) is 60.7 Å². The third-order valence-corrected chi connectivity index (χ3v) is 6.21. The van der Waals surface area contributed by atoms with Gasteiger partial charge in [-0.3, -0.25) is 0 Å². The van der Waals surface area contributed by atoms with Gasteiger partial charge in [-0.15, -0.1) is 0 Å². The Labute approximate surface area is 194 Å². The van der Waals surface area contributed by atoms with Crippen LogP contribution in [0.2, 0.25) is 5.02 Å². The normalized spacial score (nSPS) is 19.2. The SMILES string of the molecule is C=CCOc1ccc([C@H]2Oc3ccc(Br)cc3[C@@H]3CC(c4ccc(Cl)cc4)=NN23)cc1. The standard InChI is InChI=1S/C25H20BrClN2O2/c1-2-13-30-20-10-5-17(6-11-20)25-29-23(21-14-18(26)7-12-24(21)31-25)15-22(28-29)16-3-8-19(27)9-4-16/h2-12,14,23,25H,1,13,15H2/t23-,25+/m0/s1. The van der Waals surface area contributed by atoms with Crippen LogP contribution < -0.4 is 9.47 Å². The molecule has 156 valence electrons. The van der Waals surface area contributed by atoms with E-state index in [0.717, 1.165) is 44.8 Å². The van der Waals surface area contributed by atoms with Gasteiger partial charge in [0.15, 0.2) is 0 Å². The molecule has 0 aromatic heterocycles. The van der Waals surface area contributed by atoms with E-state index in [4.69, 9.17) is 26.2 Å². The van der Waals surface area contributed by atoms with Crippen LogP contribution in [-0.2, 0) is 0 Å². The predicted octanol–water partition coefficient (Wildman–Crippen LogP) is 6.91. The molecular weight excluding hydrogens is 476 g/mol. The number of rotatable bonds is 5. The zero-order valence-corrected chi connectivity index (χ0v) is 19.0. The lowest BCUT2D eigenvalue weighted by atomic mass is 9.96. The Morgan fingerprint density at radius 1 is 1.13 bits per heavy atom. The second-order valence-electron chi connectivity index (χ2n) is 7.47.